The molecule has 0 saturated carbocycles. The summed E-state index contributed by atoms with van der Waals surface area (Å²) in [5.74, 6) is 0. The van der Waals surface area contributed by atoms with E-state index in [1.165, 1.54) is 36.5 Å². The van der Waals surface area contributed by atoms with Crippen LogP contribution in [0.4, 0.5) is 0 Å². The fraction of sp³-hybridized carbons (Fsp3) is 0.786. The van der Waals surface area contributed by atoms with Gasteiger partial charge in [0.05, 0.1) is 11.2 Å². The summed E-state index contributed by atoms with van der Waals surface area (Å²) < 4.78 is 0. The Bertz CT molecular complexity index is 356. The predicted octanol–water partition coefficient (Wildman–Crippen LogP) is 2.46. The van der Waals surface area contributed by atoms with Crippen molar-refractivity contribution in [1.29, 1.82) is 0 Å². The van der Waals surface area contributed by atoms with Gasteiger partial charge < -0.3 is 5.32 Å². The number of thiazole rings is 1. The molecule has 1 fully saturated rings. The first-order valence-electron chi connectivity index (χ1n) is 7.03. The minimum absolute atomic E-state index is 0.626. The van der Waals surface area contributed by atoms with E-state index in [2.05, 4.69) is 36.0 Å². The quantitative estimate of drug-likeness (QED) is 0.858. The molecule has 18 heavy (non-hydrogen) atoms. The van der Waals surface area contributed by atoms with E-state index in [0.29, 0.717) is 12.1 Å². The standard InChI is InChI=1S/C14H25N3S/c1-11(2)17(9-13-5-4-7-15-13)8-6-14-12(3)16-10-18-14/h10-11,13,15H,4-9H2,1-3H3. The first kappa shape index (κ1) is 14.0. The molecule has 0 aromatic carbocycles. The number of nitrogens with one attached hydrogen (secondary N) is 1. The molecule has 3 nitrogen and oxygen atoms in total. The Labute approximate surface area is 115 Å². The molecule has 0 radical (unpaired) electrons. The summed E-state index contributed by atoms with van der Waals surface area (Å²) in [5, 5.41) is 3.60. The van der Waals surface area contributed by atoms with Gasteiger partial charge in [0.25, 0.3) is 0 Å². The highest BCUT2D eigenvalue weighted by molar-refractivity contribution is 7.09. The zero-order valence-corrected chi connectivity index (χ0v) is 12.6. The lowest BCUT2D eigenvalue weighted by atomic mass is 10.1. The maximum atomic E-state index is 4.33. The Hall–Kier alpha value is -0.450. The van der Waals surface area contributed by atoms with Gasteiger partial charge in [-0.05, 0) is 46.6 Å². The number of aryl methyl sites for hydroxylation is 1. The van der Waals surface area contributed by atoms with Crippen LogP contribution in [0.25, 0.3) is 0 Å². The highest BCUT2D eigenvalue weighted by Gasteiger charge is 2.19. The zero-order valence-electron chi connectivity index (χ0n) is 11.8. The lowest BCUT2D eigenvalue weighted by Crippen LogP contribution is -2.42. The van der Waals surface area contributed by atoms with Crippen LogP contribution < -0.4 is 5.32 Å². The van der Waals surface area contributed by atoms with E-state index in [9.17, 15) is 0 Å². The highest BCUT2D eigenvalue weighted by atomic mass is 32.1. The molecule has 1 aromatic rings. The Morgan fingerprint density at radius 2 is 2.39 bits per heavy atom. The average molecular weight is 267 g/mol. The van der Waals surface area contributed by atoms with Crippen molar-refractivity contribution in [2.45, 2.75) is 52.1 Å². The van der Waals surface area contributed by atoms with E-state index in [-0.39, 0.29) is 0 Å². The molecular weight excluding hydrogens is 242 g/mol. The second-order valence-electron chi connectivity index (χ2n) is 5.49. The summed E-state index contributed by atoms with van der Waals surface area (Å²) in [6.45, 7) is 10.3. The number of rotatable bonds is 6. The van der Waals surface area contributed by atoms with Crippen molar-refractivity contribution < 1.29 is 0 Å². The van der Waals surface area contributed by atoms with Gasteiger partial charge in [0.1, 0.15) is 0 Å². The molecule has 1 atom stereocenters. The van der Waals surface area contributed by atoms with E-state index in [0.717, 1.165) is 13.0 Å². The van der Waals surface area contributed by atoms with Crippen LogP contribution in [-0.2, 0) is 6.42 Å². The summed E-state index contributed by atoms with van der Waals surface area (Å²) in [6.07, 6.45) is 3.81. The maximum absolute atomic E-state index is 4.33. The van der Waals surface area contributed by atoms with Crippen LogP contribution in [0.2, 0.25) is 0 Å². The van der Waals surface area contributed by atoms with E-state index in [1.807, 2.05) is 5.51 Å². The molecule has 0 aliphatic carbocycles. The molecule has 0 bridgehead atoms. The minimum atomic E-state index is 0.626. The second kappa shape index (κ2) is 6.64. The van der Waals surface area contributed by atoms with Crippen molar-refractivity contribution in [3.05, 3.63) is 16.1 Å². The van der Waals surface area contributed by atoms with Gasteiger partial charge >= 0.3 is 0 Å². The zero-order chi connectivity index (χ0) is 13.0. The molecular formula is C14H25N3S. The van der Waals surface area contributed by atoms with Crippen LogP contribution in [0.15, 0.2) is 5.51 Å². The molecule has 2 rings (SSSR count). The number of hydrogen-bond acceptors (Lipinski definition) is 4. The van der Waals surface area contributed by atoms with Crippen LogP contribution in [-0.4, -0.2) is 41.6 Å². The highest BCUT2D eigenvalue weighted by Crippen LogP contribution is 2.15. The lowest BCUT2D eigenvalue weighted by Gasteiger charge is -2.29. The first-order valence-corrected chi connectivity index (χ1v) is 7.91. The fourth-order valence-corrected chi connectivity index (χ4v) is 3.34. The number of nitrogens with zero attached hydrogens (tertiary/aromatic N) is 2. The van der Waals surface area contributed by atoms with Gasteiger partial charge in [0.2, 0.25) is 0 Å². The van der Waals surface area contributed by atoms with Crippen molar-refractivity contribution >= 4 is 11.3 Å². The summed E-state index contributed by atoms with van der Waals surface area (Å²) in [4.78, 5) is 8.37. The Kier molecular flexibility index (Phi) is 5.15. The summed E-state index contributed by atoms with van der Waals surface area (Å²) in [5.41, 5.74) is 3.17. The van der Waals surface area contributed by atoms with Crippen LogP contribution in [0.3, 0.4) is 0 Å². The van der Waals surface area contributed by atoms with Gasteiger partial charge in [0.15, 0.2) is 0 Å². The predicted molar refractivity (Wildman–Crippen MR) is 78.3 cm³/mol. The monoisotopic (exact) mass is 267 g/mol. The Balaban J connectivity index is 1.84. The van der Waals surface area contributed by atoms with Gasteiger partial charge in [-0.3, -0.25) is 4.90 Å². The molecule has 0 amide bonds. The van der Waals surface area contributed by atoms with Gasteiger partial charge in [-0.25, -0.2) is 4.98 Å². The third-order valence-corrected chi connectivity index (χ3v) is 4.81. The molecule has 2 heterocycles. The molecule has 1 unspecified atom stereocenters. The van der Waals surface area contributed by atoms with Crippen LogP contribution in [0.5, 0.6) is 0 Å². The van der Waals surface area contributed by atoms with Crippen molar-refractivity contribution in [2.75, 3.05) is 19.6 Å². The van der Waals surface area contributed by atoms with Crippen LogP contribution in [0, 0.1) is 6.92 Å². The largest absolute Gasteiger partial charge is 0.313 e. The van der Waals surface area contributed by atoms with Crippen molar-refractivity contribution in [3.8, 4) is 0 Å². The topological polar surface area (TPSA) is 28.2 Å². The molecule has 1 aliphatic heterocycles. The first-order chi connectivity index (χ1) is 8.66. The molecule has 0 spiro atoms. The molecule has 102 valence electrons. The third-order valence-electron chi connectivity index (χ3n) is 3.82. The fourth-order valence-electron chi connectivity index (χ4n) is 2.57. The van der Waals surface area contributed by atoms with Crippen molar-refractivity contribution in [2.24, 2.45) is 0 Å². The normalized spacial score (nSPS) is 20.2. The average Bonchev–Trinajstić information content (AvgIpc) is 2.96. The lowest BCUT2D eigenvalue weighted by molar-refractivity contribution is 0.205. The smallest absolute Gasteiger partial charge is 0.0797 e. The van der Waals surface area contributed by atoms with Crippen molar-refractivity contribution in [1.82, 2.24) is 15.2 Å². The molecule has 1 aliphatic rings. The van der Waals surface area contributed by atoms with Gasteiger partial charge in [0, 0.05) is 30.1 Å². The maximum Gasteiger partial charge on any atom is 0.0797 e. The van der Waals surface area contributed by atoms with E-state index >= 15 is 0 Å². The number of hydrogen-bond donors (Lipinski definition) is 1. The number of aromatic nitrogens is 1. The summed E-state index contributed by atoms with van der Waals surface area (Å²) in [6, 6.07) is 1.33. The Morgan fingerprint density at radius 3 is 2.94 bits per heavy atom. The summed E-state index contributed by atoms with van der Waals surface area (Å²) >= 11 is 1.79. The minimum Gasteiger partial charge on any atom is -0.313 e. The second-order valence-corrected chi connectivity index (χ2v) is 6.43. The summed E-state index contributed by atoms with van der Waals surface area (Å²) in [7, 11) is 0. The van der Waals surface area contributed by atoms with Gasteiger partial charge in [-0.2, -0.15) is 0 Å². The van der Waals surface area contributed by atoms with Gasteiger partial charge in [-0.15, -0.1) is 11.3 Å². The molecule has 1 N–H and O–H groups in total. The molecule has 1 saturated heterocycles. The van der Waals surface area contributed by atoms with E-state index < -0.39 is 0 Å². The van der Waals surface area contributed by atoms with Crippen molar-refractivity contribution in [3.63, 3.8) is 0 Å². The van der Waals surface area contributed by atoms with Gasteiger partial charge in [-0.1, -0.05) is 0 Å². The third kappa shape index (κ3) is 3.77. The van der Waals surface area contributed by atoms with Crippen LogP contribution in [0.1, 0.15) is 37.3 Å². The molecule has 4 heteroatoms. The van der Waals surface area contributed by atoms with Crippen LogP contribution >= 0.6 is 11.3 Å². The Morgan fingerprint density at radius 1 is 1.56 bits per heavy atom. The van der Waals surface area contributed by atoms with E-state index in [4.69, 9.17) is 0 Å². The SMILES string of the molecule is Cc1ncsc1CCN(CC1CCCN1)C(C)C. The van der Waals surface area contributed by atoms with E-state index in [1.54, 1.807) is 11.3 Å². The molecule has 1 aromatic heterocycles.